The van der Waals surface area contributed by atoms with Crippen molar-refractivity contribution in [2.75, 3.05) is 12.4 Å². The largest absolute Gasteiger partial charge is 0.397 e. The van der Waals surface area contributed by atoms with E-state index in [1.807, 2.05) is 36.9 Å². The summed E-state index contributed by atoms with van der Waals surface area (Å²) in [7, 11) is 1.81. The molecule has 0 spiro atoms. The third-order valence-corrected chi connectivity index (χ3v) is 5.61. The van der Waals surface area contributed by atoms with E-state index in [1.54, 1.807) is 18.3 Å². The SMILES string of the molecule is CNc1ccc(Cn2nc(-c3nc(-c4ccc(C(C)(C)C(F)(F)F)cc4)no3)cc2C)cn1. The Labute approximate surface area is 188 Å². The highest BCUT2D eigenvalue weighted by atomic mass is 19.4. The van der Waals surface area contributed by atoms with Gasteiger partial charge in [0.05, 0.1) is 12.0 Å². The lowest BCUT2D eigenvalue weighted by Gasteiger charge is -2.28. The number of rotatable bonds is 6. The lowest BCUT2D eigenvalue weighted by Crippen LogP contribution is -2.36. The van der Waals surface area contributed by atoms with Crippen LogP contribution < -0.4 is 5.32 Å². The summed E-state index contributed by atoms with van der Waals surface area (Å²) in [5.41, 5.74) is 1.16. The number of nitrogens with zero attached hydrogens (tertiary/aromatic N) is 5. The van der Waals surface area contributed by atoms with Crippen LogP contribution in [0.4, 0.5) is 19.0 Å². The summed E-state index contributed by atoms with van der Waals surface area (Å²) in [6, 6.07) is 11.7. The first-order valence-corrected chi connectivity index (χ1v) is 10.3. The van der Waals surface area contributed by atoms with Gasteiger partial charge >= 0.3 is 6.18 Å². The molecule has 33 heavy (non-hydrogen) atoms. The van der Waals surface area contributed by atoms with Gasteiger partial charge in [-0.1, -0.05) is 35.5 Å². The van der Waals surface area contributed by atoms with E-state index in [2.05, 4.69) is 25.5 Å². The molecule has 0 atom stereocenters. The second-order valence-electron chi connectivity index (χ2n) is 8.25. The van der Waals surface area contributed by atoms with Gasteiger partial charge in [0.25, 0.3) is 5.89 Å². The molecule has 4 aromatic rings. The maximum absolute atomic E-state index is 13.3. The van der Waals surface area contributed by atoms with Gasteiger partial charge in [0.15, 0.2) is 5.69 Å². The van der Waals surface area contributed by atoms with Crippen LogP contribution in [0.3, 0.4) is 0 Å². The number of aromatic nitrogens is 5. The van der Waals surface area contributed by atoms with Crippen molar-refractivity contribution in [2.45, 2.75) is 38.9 Å². The zero-order valence-electron chi connectivity index (χ0n) is 18.6. The summed E-state index contributed by atoms with van der Waals surface area (Å²) < 4.78 is 47.0. The Kier molecular flexibility index (Phi) is 5.69. The number of aryl methyl sites for hydroxylation is 1. The smallest absolute Gasteiger partial charge is 0.373 e. The fraction of sp³-hybridized carbons (Fsp3) is 0.304. The molecule has 10 heteroatoms. The minimum Gasteiger partial charge on any atom is -0.373 e. The average Bonchev–Trinajstić information content (AvgIpc) is 3.41. The van der Waals surface area contributed by atoms with Crippen LogP contribution in [-0.4, -0.2) is 38.1 Å². The van der Waals surface area contributed by atoms with Crippen LogP contribution in [0.25, 0.3) is 23.0 Å². The van der Waals surface area contributed by atoms with Gasteiger partial charge in [0, 0.05) is 24.5 Å². The Bertz CT molecular complexity index is 1240. The molecule has 0 unspecified atom stereocenters. The van der Waals surface area contributed by atoms with Crippen LogP contribution in [0.15, 0.2) is 53.2 Å². The van der Waals surface area contributed by atoms with Gasteiger partial charge < -0.3 is 9.84 Å². The lowest BCUT2D eigenvalue weighted by atomic mass is 9.83. The molecule has 0 amide bonds. The van der Waals surface area contributed by atoms with E-state index >= 15 is 0 Å². The molecule has 172 valence electrons. The standard InChI is InChI=1S/C23H23F3N6O/c1-14-11-18(30-32(14)13-15-5-10-19(27-4)28-12-15)21-29-20(31-33-21)16-6-8-17(9-7-16)22(2,3)23(24,25)26/h5-12H,13H2,1-4H3,(H,27,28). The van der Waals surface area contributed by atoms with E-state index in [4.69, 9.17) is 4.52 Å². The summed E-state index contributed by atoms with van der Waals surface area (Å²) in [4.78, 5) is 8.68. The summed E-state index contributed by atoms with van der Waals surface area (Å²) >= 11 is 0. The second kappa shape index (κ2) is 8.34. The molecule has 1 N–H and O–H groups in total. The van der Waals surface area contributed by atoms with Gasteiger partial charge in [-0.3, -0.25) is 4.68 Å². The molecular formula is C23H23F3N6O. The van der Waals surface area contributed by atoms with E-state index in [-0.39, 0.29) is 17.3 Å². The van der Waals surface area contributed by atoms with E-state index in [1.165, 1.54) is 12.1 Å². The minimum atomic E-state index is -4.35. The highest BCUT2D eigenvalue weighted by molar-refractivity contribution is 5.58. The Hall–Kier alpha value is -3.69. The Morgan fingerprint density at radius 2 is 1.79 bits per heavy atom. The van der Waals surface area contributed by atoms with Crippen molar-refractivity contribution in [3.63, 3.8) is 0 Å². The molecule has 0 fully saturated rings. The molecule has 0 saturated carbocycles. The number of hydrogen-bond donors (Lipinski definition) is 1. The van der Waals surface area contributed by atoms with Crippen molar-refractivity contribution in [3.05, 3.63) is 65.5 Å². The minimum absolute atomic E-state index is 0.161. The van der Waals surface area contributed by atoms with Gasteiger partial charge in [0.2, 0.25) is 5.82 Å². The van der Waals surface area contributed by atoms with Gasteiger partial charge in [-0.05, 0) is 44.0 Å². The van der Waals surface area contributed by atoms with Crippen molar-refractivity contribution in [1.82, 2.24) is 24.9 Å². The average molecular weight is 456 g/mol. The van der Waals surface area contributed by atoms with Gasteiger partial charge in [-0.15, -0.1) is 0 Å². The molecule has 0 radical (unpaired) electrons. The predicted molar refractivity (Wildman–Crippen MR) is 118 cm³/mol. The zero-order chi connectivity index (χ0) is 23.8. The molecule has 0 aliphatic carbocycles. The first-order valence-electron chi connectivity index (χ1n) is 10.3. The van der Waals surface area contributed by atoms with Crippen LogP contribution >= 0.6 is 0 Å². The monoisotopic (exact) mass is 456 g/mol. The fourth-order valence-electron chi connectivity index (χ4n) is 3.26. The molecule has 0 aliphatic rings. The molecule has 0 bridgehead atoms. The molecule has 0 saturated heterocycles. The maximum atomic E-state index is 13.3. The Morgan fingerprint density at radius 3 is 2.39 bits per heavy atom. The number of hydrogen-bond acceptors (Lipinski definition) is 6. The van der Waals surface area contributed by atoms with Gasteiger partial charge in [-0.2, -0.15) is 23.3 Å². The summed E-state index contributed by atoms with van der Waals surface area (Å²) in [5, 5.41) is 11.5. The van der Waals surface area contributed by atoms with Crippen molar-refractivity contribution in [1.29, 1.82) is 0 Å². The van der Waals surface area contributed by atoms with E-state index in [9.17, 15) is 13.2 Å². The highest BCUT2D eigenvalue weighted by Crippen LogP contribution is 2.40. The molecule has 7 nitrogen and oxygen atoms in total. The second-order valence-corrected chi connectivity index (χ2v) is 8.25. The summed E-state index contributed by atoms with van der Waals surface area (Å²) in [6.07, 6.45) is -2.57. The molecular weight excluding hydrogens is 433 g/mol. The number of benzene rings is 1. The normalized spacial score (nSPS) is 12.2. The van der Waals surface area contributed by atoms with Crippen LogP contribution in [0.5, 0.6) is 0 Å². The number of nitrogens with one attached hydrogen (secondary N) is 1. The quantitative estimate of drug-likeness (QED) is 0.428. The van der Waals surface area contributed by atoms with Crippen LogP contribution in [0.1, 0.15) is 30.7 Å². The summed E-state index contributed by atoms with van der Waals surface area (Å²) in [5.74, 6) is 1.29. The number of halogens is 3. The third kappa shape index (κ3) is 4.46. The maximum Gasteiger partial charge on any atom is 0.397 e. The molecule has 0 aliphatic heterocycles. The Morgan fingerprint density at radius 1 is 1.06 bits per heavy atom. The predicted octanol–water partition coefficient (Wildman–Crippen LogP) is 5.23. The topological polar surface area (TPSA) is 81.7 Å². The van der Waals surface area contributed by atoms with Crippen molar-refractivity contribution in [2.24, 2.45) is 0 Å². The summed E-state index contributed by atoms with van der Waals surface area (Å²) in [6.45, 7) is 4.75. The molecule has 3 aromatic heterocycles. The van der Waals surface area contributed by atoms with Gasteiger partial charge in [-0.25, -0.2) is 4.98 Å². The first-order chi connectivity index (χ1) is 15.6. The third-order valence-electron chi connectivity index (χ3n) is 5.61. The first kappa shape index (κ1) is 22.5. The van der Waals surface area contributed by atoms with E-state index in [0.29, 0.717) is 17.8 Å². The fourth-order valence-corrected chi connectivity index (χ4v) is 3.26. The number of pyridine rings is 1. The zero-order valence-corrected chi connectivity index (χ0v) is 18.6. The molecule has 3 heterocycles. The van der Waals surface area contributed by atoms with Crippen LogP contribution in [-0.2, 0) is 12.0 Å². The van der Waals surface area contributed by atoms with Crippen LogP contribution in [0.2, 0.25) is 0 Å². The van der Waals surface area contributed by atoms with E-state index < -0.39 is 11.6 Å². The molecule has 4 rings (SSSR count). The van der Waals surface area contributed by atoms with E-state index in [0.717, 1.165) is 30.9 Å². The van der Waals surface area contributed by atoms with Crippen molar-refractivity contribution >= 4 is 5.82 Å². The van der Waals surface area contributed by atoms with Crippen molar-refractivity contribution in [3.8, 4) is 23.0 Å². The molecule has 1 aromatic carbocycles. The Balaban J connectivity index is 1.53. The number of alkyl halides is 3. The van der Waals surface area contributed by atoms with Gasteiger partial charge in [0.1, 0.15) is 5.82 Å². The van der Waals surface area contributed by atoms with Crippen LogP contribution in [0, 0.1) is 6.92 Å². The lowest BCUT2D eigenvalue weighted by molar-refractivity contribution is -0.180. The highest BCUT2D eigenvalue weighted by Gasteiger charge is 2.48. The van der Waals surface area contributed by atoms with Crippen molar-refractivity contribution < 1.29 is 17.7 Å². The number of anilines is 1.